The molecule has 2 fully saturated rings. The van der Waals surface area contributed by atoms with Gasteiger partial charge in [0.15, 0.2) is 0 Å². The van der Waals surface area contributed by atoms with Crippen LogP contribution < -0.4 is 10.6 Å². The topological polar surface area (TPSA) is 79.5 Å². The number of hydrogen-bond acceptors (Lipinski definition) is 4. The molecule has 6 nitrogen and oxygen atoms in total. The second-order valence-corrected chi connectivity index (χ2v) is 8.65. The minimum Gasteiger partial charge on any atom is -0.371 e. The van der Waals surface area contributed by atoms with E-state index in [-0.39, 0.29) is 11.8 Å². The minimum absolute atomic E-state index is 0.0335. The van der Waals surface area contributed by atoms with Crippen LogP contribution in [0.15, 0.2) is 60.8 Å². The Labute approximate surface area is 181 Å². The van der Waals surface area contributed by atoms with Crippen LogP contribution in [0.4, 0.5) is 5.69 Å². The van der Waals surface area contributed by atoms with Gasteiger partial charge >= 0.3 is 0 Å². The highest BCUT2D eigenvalue weighted by atomic mass is 16.2. The molecule has 0 bridgehead atoms. The van der Waals surface area contributed by atoms with Gasteiger partial charge in [0.25, 0.3) is 5.91 Å². The quantitative estimate of drug-likeness (QED) is 0.696. The number of rotatable bonds is 5. The third kappa shape index (κ3) is 3.85. The molecule has 1 aromatic heterocycles. The molecular weight excluding hydrogens is 388 g/mol. The van der Waals surface area contributed by atoms with Crippen molar-refractivity contribution in [1.82, 2.24) is 9.88 Å². The summed E-state index contributed by atoms with van der Waals surface area (Å²) in [5.41, 5.74) is 8.16. The number of anilines is 1. The summed E-state index contributed by atoms with van der Waals surface area (Å²) in [6, 6.07) is 18.2. The Bertz CT molecular complexity index is 1130. The van der Waals surface area contributed by atoms with Crippen LogP contribution in [0.25, 0.3) is 10.8 Å². The molecule has 3 aromatic rings. The van der Waals surface area contributed by atoms with Gasteiger partial charge in [-0.3, -0.25) is 14.6 Å². The molecule has 158 valence electrons. The predicted molar refractivity (Wildman–Crippen MR) is 121 cm³/mol. The van der Waals surface area contributed by atoms with E-state index in [0.29, 0.717) is 30.4 Å². The Balaban J connectivity index is 1.26. The first-order valence-electron chi connectivity index (χ1n) is 10.8. The Morgan fingerprint density at radius 1 is 0.968 bits per heavy atom. The number of pyridine rings is 1. The molecule has 2 unspecified atom stereocenters. The molecule has 2 N–H and O–H groups in total. The first-order chi connectivity index (χ1) is 15.1. The summed E-state index contributed by atoms with van der Waals surface area (Å²) in [6.45, 7) is 3.42. The minimum atomic E-state index is -0.272. The number of benzene rings is 2. The molecule has 0 saturated carbocycles. The molecule has 0 spiro atoms. The first kappa shape index (κ1) is 19.5. The standard InChI is InChI=1S/C25H26N4O2/c26-23(30)9-8-17-4-3-6-21(12-17)28-13-19-15-29(16-20(19)14-28)25(31)24-22-7-2-1-5-18(22)10-11-27-24/h1-7,10-12,19-20H,8-9,13-16H2,(H2,26,30). The third-order valence-electron chi connectivity index (χ3n) is 6.59. The Kier molecular flexibility index (Phi) is 5.06. The molecule has 6 heteroatoms. The molecule has 31 heavy (non-hydrogen) atoms. The number of nitrogens with two attached hydrogens (primary N) is 1. The van der Waals surface area contributed by atoms with Gasteiger partial charge in [-0.15, -0.1) is 0 Å². The van der Waals surface area contributed by atoms with Gasteiger partial charge in [0, 0.05) is 61.7 Å². The highest BCUT2D eigenvalue weighted by Crippen LogP contribution is 2.35. The first-order valence-corrected chi connectivity index (χ1v) is 10.8. The summed E-state index contributed by atoms with van der Waals surface area (Å²) in [6.07, 6.45) is 2.76. The van der Waals surface area contributed by atoms with Crippen molar-refractivity contribution in [3.8, 4) is 0 Å². The maximum atomic E-state index is 13.2. The highest BCUT2D eigenvalue weighted by Gasteiger charge is 2.42. The Morgan fingerprint density at radius 2 is 1.74 bits per heavy atom. The average molecular weight is 415 g/mol. The summed E-state index contributed by atoms with van der Waals surface area (Å²) in [4.78, 5) is 33.1. The molecule has 2 aliphatic rings. The van der Waals surface area contributed by atoms with E-state index in [1.165, 1.54) is 5.69 Å². The van der Waals surface area contributed by atoms with Crippen molar-refractivity contribution >= 4 is 28.3 Å². The molecule has 0 radical (unpaired) electrons. The highest BCUT2D eigenvalue weighted by molar-refractivity contribution is 6.05. The lowest BCUT2D eigenvalue weighted by Crippen LogP contribution is -2.33. The van der Waals surface area contributed by atoms with Crippen LogP contribution in [0, 0.1) is 11.8 Å². The summed E-state index contributed by atoms with van der Waals surface area (Å²) in [5, 5.41) is 1.96. The summed E-state index contributed by atoms with van der Waals surface area (Å²) in [7, 11) is 0. The van der Waals surface area contributed by atoms with Gasteiger partial charge in [0.1, 0.15) is 5.69 Å². The van der Waals surface area contributed by atoms with Crippen molar-refractivity contribution < 1.29 is 9.59 Å². The lowest BCUT2D eigenvalue weighted by molar-refractivity contribution is -0.117. The Hall–Kier alpha value is -3.41. The van der Waals surface area contributed by atoms with Crippen molar-refractivity contribution in [3.05, 3.63) is 72.1 Å². The lowest BCUT2D eigenvalue weighted by Gasteiger charge is -2.24. The SMILES string of the molecule is NC(=O)CCc1cccc(N2CC3CN(C(=O)c4nccc5ccccc45)CC3C2)c1. The molecule has 2 aliphatic heterocycles. The second-order valence-electron chi connectivity index (χ2n) is 8.65. The van der Waals surface area contributed by atoms with Crippen LogP contribution in [0.5, 0.6) is 0 Å². The third-order valence-corrected chi connectivity index (χ3v) is 6.59. The molecule has 2 aromatic carbocycles. The number of aryl methyl sites for hydroxylation is 1. The fourth-order valence-corrected chi connectivity index (χ4v) is 4.99. The van der Waals surface area contributed by atoms with E-state index in [2.05, 4.69) is 22.0 Å². The van der Waals surface area contributed by atoms with Crippen LogP contribution in [-0.2, 0) is 11.2 Å². The van der Waals surface area contributed by atoms with Gasteiger partial charge in [-0.1, -0.05) is 36.4 Å². The van der Waals surface area contributed by atoms with Gasteiger partial charge in [0.2, 0.25) is 5.91 Å². The number of fused-ring (bicyclic) bond motifs is 2. The van der Waals surface area contributed by atoms with Gasteiger partial charge in [-0.05, 0) is 35.6 Å². The zero-order chi connectivity index (χ0) is 21.4. The van der Waals surface area contributed by atoms with Crippen LogP contribution in [0.3, 0.4) is 0 Å². The van der Waals surface area contributed by atoms with Gasteiger partial charge in [-0.25, -0.2) is 0 Å². The van der Waals surface area contributed by atoms with Crippen molar-refractivity contribution in [3.63, 3.8) is 0 Å². The Morgan fingerprint density at radius 3 is 2.52 bits per heavy atom. The van der Waals surface area contributed by atoms with E-state index in [0.717, 1.165) is 42.5 Å². The number of amides is 2. The van der Waals surface area contributed by atoms with E-state index in [9.17, 15) is 9.59 Å². The fourth-order valence-electron chi connectivity index (χ4n) is 4.99. The number of primary amides is 1. The van der Waals surface area contributed by atoms with E-state index in [1.54, 1.807) is 6.20 Å². The fraction of sp³-hybridized carbons (Fsp3) is 0.320. The molecule has 2 atom stereocenters. The van der Waals surface area contributed by atoms with Gasteiger partial charge in [-0.2, -0.15) is 0 Å². The maximum Gasteiger partial charge on any atom is 0.273 e. The van der Waals surface area contributed by atoms with Crippen LogP contribution >= 0.6 is 0 Å². The van der Waals surface area contributed by atoms with E-state index >= 15 is 0 Å². The van der Waals surface area contributed by atoms with Crippen molar-refractivity contribution in [2.24, 2.45) is 17.6 Å². The number of aromatic nitrogens is 1. The largest absolute Gasteiger partial charge is 0.371 e. The zero-order valence-electron chi connectivity index (χ0n) is 17.4. The van der Waals surface area contributed by atoms with E-state index in [1.807, 2.05) is 47.4 Å². The van der Waals surface area contributed by atoms with E-state index in [4.69, 9.17) is 5.73 Å². The smallest absolute Gasteiger partial charge is 0.273 e. The van der Waals surface area contributed by atoms with Gasteiger partial charge < -0.3 is 15.5 Å². The number of carbonyl (C=O) groups is 2. The molecule has 5 rings (SSSR count). The maximum absolute atomic E-state index is 13.2. The molecule has 3 heterocycles. The van der Waals surface area contributed by atoms with Crippen LogP contribution in [-0.4, -0.2) is 47.9 Å². The molecule has 0 aliphatic carbocycles. The lowest BCUT2D eigenvalue weighted by atomic mass is 10.0. The number of likely N-dealkylation sites (tertiary alicyclic amines) is 1. The second kappa shape index (κ2) is 8.02. The van der Waals surface area contributed by atoms with Crippen molar-refractivity contribution in [2.75, 3.05) is 31.1 Å². The zero-order valence-corrected chi connectivity index (χ0v) is 17.4. The summed E-state index contributed by atoms with van der Waals surface area (Å²) in [5.74, 6) is 0.694. The van der Waals surface area contributed by atoms with Gasteiger partial charge in [0.05, 0.1) is 0 Å². The predicted octanol–water partition coefficient (Wildman–Crippen LogP) is 2.86. The van der Waals surface area contributed by atoms with Crippen molar-refractivity contribution in [1.29, 1.82) is 0 Å². The normalized spacial score (nSPS) is 20.3. The number of nitrogens with zero attached hydrogens (tertiary/aromatic N) is 3. The van der Waals surface area contributed by atoms with Crippen LogP contribution in [0.2, 0.25) is 0 Å². The average Bonchev–Trinajstić information content (AvgIpc) is 3.37. The van der Waals surface area contributed by atoms with E-state index < -0.39 is 0 Å². The van der Waals surface area contributed by atoms with Crippen molar-refractivity contribution in [2.45, 2.75) is 12.8 Å². The summed E-state index contributed by atoms with van der Waals surface area (Å²) < 4.78 is 0. The molecule has 2 amide bonds. The molecular formula is C25H26N4O2. The summed E-state index contributed by atoms with van der Waals surface area (Å²) >= 11 is 0. The van der Waals surface area contributed by atoms with Crippen LogP contribution in [0.1, 0.15) is 22.5 Å². The number of hydrogen-bond donors (Lipinski definition) is 1. The number of carbonyl (C=O) groups excluding carboxylic acids is 2. The molecule has 2 saturated heterocycles. The monoisotopic (exact) mass is 414 g/mol.